The van der Waals surface area contributed by atoms with Gasteiger partial charge in [-0.3, -0.25) is 9.59 Å². The number of aryl methyl sites for hydroxylation is 1. The maximum absolute atomic E-state index is 11.7. The number of amides is 1. The van der Waals surface area contributed by atoms with Crippen molar-refractivity contribution in [2.45, 2.75) is 39.2 Å². The van der Waals surface area contributed by atoms with Gasteiger partial charge in [0, 0.05) is 17.5 Å². The summed E-state index contributed by atoms with van der Waals surface area (Å²) in [4.78, 5) is 22.1. The minimum absolute atomic E-state index is 0.0765. The van der Waals surface area contributed by atoms with Crippen LogP contribution in [0, 0.1) is 6.92 Å². The number of hydrogen-bond donors (Lipinski definition) is 2. The number of hydrogen-bond acceptors (Lipinski definition) is 3. The average Bonchev–Trinajstić information content (AvgIpc) is 2.39. The van der Waals surface area contributed by atoms with Crippen molar-refractivity contribution in [2.75, 3.05) is 6.61 Å². The Morgan fingerprint density at radius 2 is 2.14 bits per heavy atom. The molecule has 0 bridgehead atoms. The van der Waals surface area contributed by atoms with E-state index in [2.05, 4.69) is 5.32 Å². The van der Waals surface area contributed by atoms with E-state index in [1.165, 1.54) is 0 Å². The minimum atomic E-state index is -0.824. The van der Waals surface area contributed by atoms with Crippen molar-refractivity contribution >= 4 is 23.5 Å². The Labute approximate surface area is 129 Å². The highest BCUT2D eigenvalue weighted by Crippen LogP contribution is 2.20. The van der Waals surface area contributed by atoms with E-state index >= 15 is 0 Å². The SMILES string of the molecule is Cc1cc(OCC(=O)NC(C)CCCC(=O)O)ccc1Cl. The molecule has 5 nitrogen and oxygen atoms in total. The Hall–Kier alpha value is -1.75. The first-order valence-electron chi connectivity index (χ1n) is 6.78. The van der Waals surface area contributed by atoms with Gasteiger partial charge in [0.2, 0.25) is 0 Å². The molecule has 116 valence electrons. The van der Waals surface area contributed by atoms with Crippen LogP contribution >= 0.6 is 11.6 Å². The molecule has 0 spiro atoms. The van der Waals surface area contributed by atoms with Gasteiger partial charge < -0.3 is 15.2 Å². The highest BCUT2D eigenvalue weighted by atomic mass is 35.5. The summed E-state index contributed by atoms with van der Waals surface area (Å²) in [6, 6.07) is 5.12. The third-order valence-electron chi connectivity index (χ3n) is 2.93. The van der Waals surface area contributed by atoms with Crippen molar-refractivity contribution in [3.05, 3.63) is 28.8 Å². The maximum Gasteiger partial charge on any atom is 0.303 e. The number of nitrogens with one attached hydrogen (secondary N) is 1. The van der Waals surface area contributed by atoms with Crippen molar-refractivity contribution in [3.8, 4) is 5.75 Å². The van der Waals surface area contributed by atoms with Crippen LogP contribution in [0.1, 0.15) is 31.7 Å². The highest BCUT2D eigenvalue weighted by molar-refractivity contribution is 6.31. The molecule has 1 amide bonds. The molecule has 1 aromatic rings. The Bertz CT molecular complexity index is 504. The Morgan fingerprint density at radius 3 is 2.76 bits per heavy atom. The third kappa shape index (κ3) is 6.99. The quantitative estimate of drug-likeness (QED) is 0.774. The van der Waals surface area contributed by atoms with Crippen LogP contribution in [0.25, 0.3) is 0 Å². The molecule has 0 aliphatic heterocycles. The number of carboxylic acids is 1. The number of aliphatic carboxylic acids is 1. The van der Waals surface area contributed by atoms with Gasteiger partial charge in [-0.15, -0.1) is 0 Å². The smallest absolute Gasteiger partial charge is 0.303 e. The second-order valence-electron chi connectivity index (χ2n) is 4.95. The molecule has 0 saturated carbocycles. The van der Waals surface area contributed by atoms with Gasteiger partial charge in [0.25, 0.3) is 5.91 Å². The largest absolute Gasteiger partial charge is 0.484 e. The van der Waals surface area contributed by atoms with Gasteiger partial charge in [-0.1, -0.05) is 11.6 Å². The molecule has 1 unspecified atom stereocenters. The molecule has 1 aromatic carbocycles. The summed E-state index contributed by atoms with van der Waals surface area (Å²) in [5.74, 6) is -0.467. The molecule has 1 rings (SSSR count). The van der Waals surface area contributed by atoms with E-state index in [0.29, 0.717) is 23.6 Å². The lowest BCUT2D eigenvalue weighted by atomic mass is 10.1. The zero-order valence-corrected chi connectivity index (χ0v) is 12.9. The molecule has 0 aromatic heterocycles. The van der Waals surface area contributed by atoms with E-state index in [1.807, 2.05) is 13.8 Å². The number of carbonyl (C=O) groups is 2. The molecule has 0 aliphatic carbocycles. The number of carboxylic acid groups (broad SMARTS) is 1. The van der Waals surface area contributed by atoms with Gasteiger partial charge in [-0.25, -0.2) is 0 Å². The van der Waals surface area contributed by atoms with Crippen LogP contribution in [0.15, 0.2) is 18.2 Å². The minimum Gasteiger partial charge on any atom is -0.484 e. The predicted molar refractivity (Wildman–Crippen MR) is 80.8 cm³/mol. The number of halogens is 1. The highest BCUT2D eigenvalue weighted by Gasteiger charge is 2.09. The third-order valence-corrected chi connectivity index (χ3v) is 3.36. The number of benzene rings is 1. The van der Waals surface area contributed by atoms with Gasteiger partial charge in [0.05, 0.1) is 0 Å². The Morgan fingerprint density at radius 1 is 1.43 bits per heavy atom. The fraction of sp³-hybridized carbons (Fsp3) is 0.467. The molecule has 0 heterocycles. The first-order chi connectivity index (χ1) is 9.88. The second-order valence-corrected chi connectivity index (χ2v) is 5.36. The van der Waals surface area contributed by atoms with Crippen LogP contribution in [0.3, 0.4) is 0 Å². The summed E-state index contributed by atoms with van der Waals surface area (Å²) < 4.78 is 5.38. The molecule has 0 fully saturated rings. The summed E-state index contributed by atoms with van der Waals surface area (Å²) >= 11 is 5.91. The number of carbonyl (C=O) groups excluding carboxylic acids is 1. The van der Waals surface area contributed by atoms with Crippen molar-refractivity contribution in [1.29, 1.82) is 0 Å². The normalized spacial score (nSPS) is 11.8. The van der Waals surface area contributed by atoms with Crippen LogP contribution in [-0.2, 0) is 9.59 Å². The monoisotopic (exact) mass is 313 g/mol. The molecule has 0 aliphatic rings. The maximum atomic E-state index is 11.7. The van der Waals surface area contributed by atoms with Crippen LogP contribution in [-0.4, -0.2) is 29.6 Å². The molecule has 0 saturated heterocycles. The van der Waals surface area contributed by atoms with Crippen LogP contribution < -0.4 is 10.1 Å². The van der Waals surface area contributed by atoms with Crippen LogP contribution in [0.2, 0.25) is 5.02 Å². The lowest BCUT2D eigenvalue weighted by Gasteiger charge is -2.14. The lowest BCUT2D eigenvalue weighted by Crippen LogP contribution is -2.36. The molecular weight excluding hydrogens is 294 g/mol. The molecule has 1 atom stereocenters. The van der Waals surface area contributed by atoms with Crippen molar-refractivity contribution in [3.63, 3.8) is 0 Å². The Kier molecular flexibility index (Phi) is 7.02. The van der Waals surface area contributed by atoms with E-state index in [0.717, 1.165) is 5.56 Å². The first-order valence-corrected chi connectivity index (χ1v) is 7.16. The van der Waals surface area contributed by atoms with Crippen LogP contribution in [0.4, 0.5) is 0 Å². The fourth-order valence-electron chi connectivity index (χ4n) is 1.80. The van der Waals surface area contributed by atoms with E-state index in [4.69, 9.17) is 21.4 Å². The standard InChI is InChI=1S/C15H20ClNO4/c1-10-8-12(6-7-13(10)16)21-9-14(18)17-11(2)4-3-5-15(19)20/h6-8,11H,3-5,9H2,1-2H3,(H,17,18)(H,19,20). The van der Waals surface area contributed by atoms with Gasteiger partial charge in [-0.05, 0) is 50.5 Å². The summed E-state index contributed by atoms with van der Waals surface area (Å²) in [7, 11) is 0. The average molecular weight is 314 g/mol. The predicted octanol–water partition coefficient (Wildman–Crippen LogP) is 2.79. The van der Waals surface area contributed by atoms with Gasteiger partial charge in [0.1, 0.15) is 5.75 Å². The molecule has 6 heteroatoms. The molecular formula is C15H20ClNO4. The summed E-state index contributed by atoms with van der Waals surface area (Å²) in [5, 5.41) is 12.0. The summed E-state index contributed by atoms with van der Waals surface area (Å²) in [5.41, 5.74) is 0.886. The van der Waals surface area contributed by atoms with Crippen molar-refractivity contribution in [1.82, 2.24) is 5.32 Å². The topological polar surface area (TPSA) is 75.6 Å². The zero-order valence-electron chi connectivity index (χ0n) is 12.2. The van der Waals surface area contributed by atoms with E-state index < -0.39 is 5.97 Å². The lowest BCUT2D eigenvalue weighted by molar-refractivity contribution is -0.137. The Balaban J connectivity index is 2.30. The summed E-state index contributed by atoms with van der Waals surface area (Å²) in [6.45, 7) is 3.62. The molecule has 0 radical (unpaired) electrons. The van der Waals surface area contributed by atoms with E-state index in [1.54, 1.807) is 18.2 Å². The number of ether oxygens (including phenoxy) is 1. The van der Waals surface area contributed by atoms with E-state index in [9.17, 15) is 9.59 Å². The molecule has 21 heavy (non-hydrogen) atoms. The number of rotatable bonds is 8. The zero-order chi connectivity index (χ0) is 15.8. The molecule has 2 N–H and O–H groups in total. The van der Waals surface area contributed by atoms with Crippen molar-refractivity contribution < 1.29 is 19.4 Å². The van der Waals surface area contributed by atoms with E-state index in [-0.39, 0.29) is 25.0 Å². The van der Waals surface area contributed by atoms with Gasteiger partial charge in [-0.2, -0.15) is 0 Å². The second kappa shape index (κ2) is 8.52. The van der Waals surface area contributed by atoms with Crippen LogP contribution in [0.5, 0.6) is 5.75 Å². The van der Waals surface area contributed by atoms with Gasteiger partial charge >= 0.3 is 5.97 Å². The summed E-state index contributed by atoms with van der Waals surface area (Å²) in [6.07, 6.45) is 1.27. The van der Waals surface area contributed by atoms with Crippen molar-refractivity contribution in [2.24, 2.45) is 0 Å². The first kappa shape index (κ1) is 17.3. The van der Waals surface area contributed by atoms with Gasteiger partial charge in [0.15, 0.2) is 6.61 Å². The fourth-order valence-corrected chi connectivity index (χ4v) is 1.92.